The number of fused-ring (bicyclic) bond motifs is 1. The third kappa shape index (κ3) is 2.83. The number of hydrogen-bond acceptors (Lipinski definition) is 5. The summed E-state index contributed by atoms with van der Waals surface area (Å²) in [4.78, 5) is 16.2. The van der Waals surface area contributed by atoms with Gasteiger partial charge in [0.1, 0.15) is 5.75 Å². The van der Waals surface area contributed by atoms with E-state index < -0.39 is 0 Å². The first kappa shape index (κ1) is 13.1. The summed E-state index contributed by atoms with van der Waals surface area (Å²) in [6.45, 7) is 1.27. The first-order chi connectivity index (χ1) is 9.74. The Morgan fingerprint density at radius 1 is 1.55 bits per heavy atom. The summed E-state index contributed by atoms with van der Waals surface area (Å²) in [5.41, 5.74) is 0.843. The van der Waals surface area contributed by atoms with Crippen LogP contribution in [-0.2, 0) is 4.74 Å². The van der Waals surface area contributed by atoms with Gasteiger partial charge >= 0.3 is 6.03 Å². The van der Waals surface area contributed by atoms with E-state index in [0.29, 0.717) is 18.3 Å². The number of carbonyl (C=O) groups excluding carboxylic acids is 1. The van der Waals surface area contributed by atoms with Gasteiger partial charge in [-0.25, -0.2) is 9.78 Å². The maximum Gasteiger partial charge on any atom is 0.321 e. The van der Waals surface area contributed by atoms with Crippen LogP contribution in [0.2, 0.25) is 0 Å². The second-order valence-corrected chi connectivity index (χ2v) is 5.54. The van der Waals surface area contributed by atoms with Crippen LogP contribution in [0.15, 0.2) is 18.2 Å². The summed E-state index contributed by atoms with van der Waals surface area (Å²) < 4.78 is 11.4. The molecule has 1 atom stereocenters. The van der Waals surface area contributed by atoms with Crippen molar-refractivity contribution in [2.24, 2.45) is 0 Å². The Labute approximate surface area is 120 Å². The lowest BCUT2D eigenvalue weighted by atomic mass is 10.3. The van der Waals surface area contributed by atoms with E-state index in [0.717, 1.165) is 22.4 Å². The fourth-order valence-electron chi connectivity index (χ4n) is 2.05. The maximum absolute atomic E-state index is 11.8. The van der Waals surface area contributed by atoms with Gasteiger partial charge in [-0.1, -0.05) is 11.3 Å². The van der Waals surface area contributed by atoms with E-state index in [1.165, 1.54) is 11.3 Å². The van der Waals surface area contributed by atoms with Crippen molar-refractivity contribution in [1.29, 1.82) is 0 Å². The van der Waals surface area contributed by atoms with E-state index in [4.69, 9.17) is 9.47 Å². The van der Waals surface area contributed by atoms with E-state index in [9.17, 15) is 4.79 Å². The average molecular weight is 293 g/mol. The third-order valence-electron chi connectivity index (χ3n) is 3.08. The molecule has 0 radical (unpaired) electrons. The molecule has 1 fully saturated rings. The van der Waals surface area contributed by atoms with Crippen molar-refractivity contribution in [1.82, 2.24) is 10.3 Å². The van der Waals surface area contributed by atoms with Gasteiger partial charge in [0.2, 0.25) is 0 Å². The van der Waals surface area contributed by atoms with E-state index in [2.05, 4.69) is 15.6 Å². The minimum Gasteiger partial charge on any atom is -0.497 e. The zero-order chi connectivity index (χ0) is 13.9. The van der Waals surface area contributed by atoms with Gasteiger partial charge in [-0.15, -0.1) is 0 Å². The van der Waals surface area contributed by atoms with Crippen LogP contribution in [0.1, 0.15) is 6.42 Å². The zero-order valence-electron chi connectivity index (χ0n) is 11.0. The molecular formula is C13H15N3O3S. The van der Waals surface area contributed by atoms with Crippen LogP contribution in [0.3, 0.4) is 0 Å². The second kappa shape index (κ2) is 5.64. The highest BCUT2D eigenvalue weighted by atomic mass is 32.1. The molecule has 2 N–H and O–H groups in total. The van der Waals surface area contributed by atoms with E-state index in [1.54, 1.807) is 7.11 Å². The molecule has 0 bridgehead atoms. The molecule has 7 heteroatoms. The molecule has 0 spiro atoms. The number of hydrogen-bond donors (Lipinski definition) is 2. The summed E-state index contributed by atoms with van der Waals surface area (Å²) in [6, 6.07) is 5.47. The molecule has 2 amide bonds. The van der Waals surface area contributed by atoms with Crippen LogP contribution in [0, 0.1) is 0 Å². The normalized spacial score (nSPS) is 18.1. The Hall–Kier alpha value is -1.86. The molecule has 1 aliphatic rings. The molecule has 106 valence electrons. The first-order valence-electron chi connectivity index (χ1n) is 6.34. The average Bonchev–Trinajstić information content (AvgIpc) is 3.06. The Bertz CT molecular complexity index is 622. The van der Waals surface area contributed by atoms with Gasteiger partial charge in [0.25, 0.3) is 0 Å². The van der Waals surface area contributed by atoms with Crippen LogP contribution in [-0.4, -0.2) is 37.4 Å². The highest BCUT2D eigenvalue weighted by Crippen LogP contribution is 2.29. The van der Waals surface area contributed by atoms with Crippen molar-refractivity contribution in [3.8, 4) is 5.75 Å². The van der Waals surface area contributed by atoms with Gasteiger partial charge in [0, 0.05) is 6.61 Å². The van der Waals surface area contributed by atoms with Gasteiger partial charge in [0.05, 0.1) is 30.0 Å². The van der Waals surface area contributed by atoms with Gasteiger partial charge in [0.15, 0.2) is 5.13 Å². The molecule has 20 heavy (non-hydrogen) atoms. The Balaban J connectivity index is 1.68. The Morgan fingerprint density at radius 3 is 3.20 bits per heavy atom. The minimum absolute atomic E-state index is 0.0875. The van der Waals surface area contributed by atoms with Crippen LogP contribution < -0.4 is 15.4 Å². The van der Waals surface area contributed by atoms with Crippen molar-refractivity contribution in [3.63, 3.8) is 0 Å². The van der Waals surface area contributed by atoms with Gasteiger partial charge in [-0.2, -0.15) is 0 Å². The summed E-state index contributed by atoms with van der Waals surface area (Å²) in [5, 5.41) is 6.19. The quantitative estimate of drug-likeness (QED) is 0.910. The van der Waals surface area contributed by atoms with Crippen molar-refractivity contribution in [2.45, 2.75) is 12.5 Å². The summed E-state index contributed by atoms with van der Waals surface area (Å²) >= 11 is 1.42. The number of ether oxygens (including phenoxy) is 2. The third-order valence-corrected chi connectivity index (χ3v) is 4.01. The molecule has 1 aromatic heterocycles. The predicted molar refractivity (Wildman–Crippen MR) is 77.6 cm³/mol. The number of nitrogens with zero attached hydrogens (tertiary/aromatic N) is 1. The highest BCUT2D eigenvalue weighted by molar-refractivity contribution is 7.22. The molecule has 2 aromatic rings. The molecule has 0 saturated carbocycles. The van der Waals surface area contributed by atoms with Crippen LogP contribution >= 0.6 is 11.3 Å². The molecule has 2 heterocycles. The summed E-state index contributed by atoms with van der Waals surface area (Å²) in [6.07, 6.45) is 0.852. The van der Waals surface area contributed by atoms with Gasteiger partial charge < -0.3 is 14.8 Å². The molecule has 6 nitrogen and oxygen atoms in total. The monoisotopic (exact) mass is 293 g/mol. The van der Waals surface area contributed by atoms with Crippen molar-refractivity contribution in [2.75, 3.05) is 25.6 Å². The summed E-state index contributed by atoms with van der Waals surface area (Å²) in [7, 11) is 1.62. The number of carbonyl (C=O) groups is 1. The molecule has 0 aliphatic carbocycles. The number of aromatic nitrogens is 1. The second-order valence-electron chi connectivity index (χ2n) is 4.51. The number of benzene rings is 1. The highest BCUT2D eigenvalue weighted by Gasteiger charge is 2.18. The molecule has 1 unspecified atom stereocenters. The van der Waals surface area contributed by atoms with Crippen LogP contribution in [0.4, 0.5) is 9.93 Å². The number of urea groups is 1. The van der Waals surface area contributed by atoms with Crippen LogP contribution in [0.25, 0.3) is 10.2 Å². The number of amides is 2. The molecule has 1 aliphatic heterocycles. The number of anilines is 1. The smallest absolute Gasteiger partial charge is 0.321 e. The molecular weight excluding hydrogens is 278 g/mol. The molecule has 1 saturated heterocycles. The van der Waals surface area contributed by atoms with E-state index in [-0.39, 0.29) is 12.1 Å². The fraction of sp³-hybridized carbons (Fsp3) is 0.385. The van der Waals surface area contributed by atoms with E-state index >= 15 is 0 Å². The molecule has 1 aromatic carbocycles. The number of methoxy groups -OCH3 is 1. The maximum atomic E-state index is 11.8. The lowest BCUT2D eigenvalue weighted by molar-refractivity contribution is 0.189. The van der Waals surface area contributed by atoms with Gasteiger partial charge in [-0.05, 0) is 24.6 Å². The fourth-order valence-corrected chi connectivity index (χ4v) is 2.94. The zero-order valence-corrected chi connectivity index (χ0v) is 11.8. The number of thiazole rings is 1. The topological polar surface area (TPSA) is 72.5 Å². The van der Waals surface area contributed by atoms with Gasteiger partial charge in [-0.3, -0.25) is 5.32 Å². The first-order valence-corrected chi connectivity index (χ1v) is 7.16. The Morgan fingerprint density at radius 2 is 2.45 bits per heavy atom. The largest absolute Gasteiger partial charge is 0.497 e. The van der Waals surface area contributed by atoms with E-state index in [1.807, 2.05) is 18.2 Å². The predicted octanol–water partition coefficient (Wildman–Crippen LogP) is 2.22. The molecule has 3 rings (SSSR count). The summed E-state index contributed by atoms with van der Waals surface area (Å²) in [5.74, 6) is 0.778. The number of nitrogens with one attached hydrogen (secondary N) is 2. The SMILES string of the molecule is COc1ccc2nc(NC(=O)NC3CCOC3)sc2c1. The standard InChI is InChI=1S/C13H15N3O3S/c1-18-9-2-3-10-11(6-9)20-13(15-10)16-12(17)14-8-4-5-19-7-8/h2-3,6,8H,4-5,7H2,1H3,(H2,14,15,16,17). The Kier molecular flexibility index (Phi) is 3.70. The van der Waals surface area contributed by atoms with Crippen molar-refractivity contribution < 1.29 is 14.3 Å². The lowest BCUT2D eigenvalue weighted by Crippen LogP contribution is -2.38. The van der Waals surface area contributed by atoms with Crippen LogP contribution in [0.5, 0.6) is 5.75 Å². The number of rotatable bonds is 3. The van der Waals surface area contributed by atoms with Crippen molar-refractivity contribution >= 4 is 32.7 Å². The minimum atomic E-state index is -0.244. The van der Waals surface area contributed by atoms with Crippen molar-refractivity contribution in [3.05, 3.63) is 18.2 Å². The lowest BCUT2D eigenvalue weighted by Gasteiger charge is -2.09.